The number of fused-ring (bicyclic) bond motifs is 1. The summed E-state index contributed by atoms with van der Waals surface area (Å²) in [4.78, 5) is 0. The van der Waals surface area contributed by atoms with E-state index in [1.807, 2.05) is 43.3 Å². The van der Waals surface area contributed by atoms with Crippen LogP contribution < -0.4 is 5.73 Å². The number of hydrogen-bond acceptors (Lipinski definition) is 2. The van der Waals surface area contributed by atoms with Crippen LogP contribution in [0.3, 0.4) is 0 Å². The van der Waals surface area contributed by atoms with E-state index in [2.05, 4.69) is 0 Å². The number of benzene rings is 1. The maximum absolute atomic E-state index is 5.64. The molecule has 0 bridgehead atoms. The molecule has 0 aliphatic rings. The molecule has 0 amide bonds. The second kappa shape index (κ2) is 3.68. The van der Waals surface area contributed by atoms with Crippen LogP contribution in [0, 0.1) is 0 Å². The molecule has 1 unspecified atom stereocenters. The van der Waals surface area contributed by atoms with E-state index in [0.29, 0.717) is 0 Å². The van der Waals surface area contributed by atoms with Crippen molar-refractivity contribution in [1.82, 2.24) is 0 Å². The van der Waals surface area contributed by atoms with Crippen molar-refractivity contribution in [3.05, 3.63) is 42.2 Å². The van der Waals surface area contributed by atoms with Crippen molar-refractivity contribution in [2.75, 3.05) is 0 Å². The molecule has 0 saturated heterocycles. The first-order chi connectivity index (χ1) is 6.77. The Labute approximate surface area is 83.0 Å². The summed E-state index contributed by atoms with van der Waals surface area (Å²) in [5.41, 5.74) is 7.63. The van der Waals surface area contributed by atoms with Crippen LogP contribution in [0.25, 0.3) is 17.0 Å². The van der Waals surface area contributed by atoms with Gasteiger partial charge < -0.3 is 10.2 Å². The van der Waals surface area contributed by atoms with Crippen LogP contribution in [0.5, 0.6) is 0 Å². The molecule has 2 rings (SSSR count). The van der Waals surface area contributed by atoms with Gasteiger partial charge in [0.2, 0.25) is 0 Å². The number of para-hydroxylation sites is 1. The van der Waals surface area contributed by atoms with Crippen molar-refractivity contribution in [3.63, 3.8) is 0 Å². The molecule has 0 radical (unpaired) electrons. The predicted octanol–water partition coefficient (Wildman–Crippen LogP) is 2.79. The molecule has 0 spiro atoms. The first-order valence-electron chi connectivity index (χ1n) is 4.67. The third kappa shape index (κ3) is 1.70. The van der Waals surface area contributed by atoms with Gasteiger partial charge in [-0.25, -0.2) is 0 Å². The Kier molecular flexibility index (Phi) is 2.37. The van der Waals surface area contributed by atoms with Gasteiger partial charge in [-0.3, -0.25) is 0 Å². The Morgan fingerprint density at radius 1 is 1.36 bits per heavy atom. The highest BCUT2D eigenvalue weighted by Crippen LogP contribution is 2.21. The van der Waals surface area contributed by atoms with Crippen molar-refractivity contribution >= 4 is 17.0 Å². The van der Waals surface area contributed by atoms with Crippen molar-refractivity contribution in [3.8, 4) is 0 Å². The second-order valence-corrected chi connectivity index (χ2v) is 3.41. The van der Waals surface area contributed by atoms with Crippen LogP contribution in [-0.2, 0) is 0 Å². The van der Waals surface area contributed by atoms with Gasteiger partial charge in [-0.05, 0) is 13.0 Å². The molecule has 2 aromatic rings. The minimum atomic E-state index is 0.0728. The number of hydrogen-bond donors (Lipinski definition) is 1. The molecular weight excluding hydrogens is 174 g/mol. The molecule has 14 heavy (non-hydrogen) atoms. The Morgan fingerprint density at radius 2 is 2.14 bits per heavy atom. The Bertz CT molecular complexity index is 454. The molecule has 1 heterocycles. The molecule has 0 fully saturated rings. The van der Waals surface area contributed by atoms with Gasteiger partial charge in [-0.15, -0.1) is 0 Å². The monoisotopic (exact) mass is 187 g/mol. The first kappa shape index (κ1) is 9.03. The minimum Gasteiger partial charge on any atom is -0.464 e. The lowest BCUT2D eigenvalue weighted by atomic mass is 10.1. The molecule has 2 N–H and O–H groups in total. The summed E-state index contributed by atoms with van der Waals surface area (Å²) < 4.78 is 5.39. The fourth-order valence-electron chi connectivity index (χ4n) is 1.38. The van der Waals surface area contributed by atoms with Gasteiger partial charge >= 0.3 is 0 Å². The summed E-state index contributed by atoms with van der Waals surface area (Å²) in [5.74, 6) is 0. The van der Waals surface area contributed by atoms with E-state index in [1.54, 1.807) is 6.26 Å². The molecule has 1 atom stereocenters. The quantitative estimate of drug-likeness (QED) is 0.785. The lowest BCUT2D eigenvalue weighted by Crippen LogP contribution is -2.09. The van der Waals surface area contributed by atoms with Crippen molar-refractivity contribution in [2.45, 2.75) is 13.0 Å². The van der Waals surface area contributed by atoms with E-state index in [9.17, 15) is 0 Å². The van der Waals surface area contributed by atoms with Gasteiger partial charge in [0, 0.05) is 17.0 Å². The zero-order valence-corrected chi connectivity index (χ0v) is 8.10. The minimum absolute atomic E-state index is 0.0728. The van der Waals surface area contributed by atoms with Gasteiger partial charge in [-0.1, -0.05) is 30.4 Å². The summed E-state index contributed by atoms with van der Waals surface area (Å²) in [6.07, 6.45) is 5.71. The van der Waals surface area contributed by atoms with Crippen molar-refractivity contribution in [1.29, 1.82) is 0 Å². The third-order valence-electron chi connectivity index (χ3n) is 2.09. The maximum Gasteiger partial charge on any atom is 0.134 e. The van der Waals surface area contributed by atoms with Crippen molar-refractivity contribution < 1.29 is 4.42 Å². The summed E-state index contributed by atoms with van der Waals surface area (Å²) in [6, 6.07) is 8.04. The summed E-state index contributed by atoms with van der Waals surface area (Å²) >= 11 is 0. The van der Waals surface area contributed by atoms with E-state index in [0.717, 1.165) is 16.5 Å². The molecule has 1 aromatic carbocycles. The van der Waals surface area contributed by atoms with E-state index in [1.165, 1.54) is 0 Å². The SMILES string of the molecule is CC(N)/C=C/c1coc2ccccc12. The number of furan rings is 1. The van der Waals surface area contributed by atoms with Crippen LogP contribution in [0.1, 0.15) is 12.5 Å². The number of nitrogens with two attached hydrogens (primary N) is 1. The van der Waals surface area contributed by atoms with Crippen LogP contribution >= 0.6 is 0 Å². The fourth-order valence-corrected chi connectivity index (χ4v) is 1.38. The molecule has 72 valence electrons. The molecule has 2 heteroatoms. The van der Waals surface area contributed by atoms with E-state index < -0.39 is 0 Å². The number of rotatable bonds is 2. The predicted molar refractivity (Wildman–Crippen MR) is 58.9 cm³/mol. The zero-order chi connectivity index (χ0) is 9.97. The second-order valence-electron chi connectivity index (χ2n) is 3.41. The van der Waals surface area contributed by atoms with Crippen LogP contribution in [0.2, 0.25) is 0 Å². The average molecular weight is 187 g/mol. The van der Waals surface area contributed by atoms with Gasteiger partial charge in [0.05, 0.1) is 6.26 Å². The van der Waals surface area contributed by atoms with Gasteiger partial charge in [0.25, 0.3) is 0 Å². The highest BCUT2D eigenvalue weighted by Gasteiger charge is 2.00. The normalized spacial score (nSPS) is 13.9. The lowest BCUT2D eigenvalue weighted by molar-refractivity contribution is 0.615. The zero-order valence-electron chi connectivity index (χ0n) is 8.10. The highest BCUT2D eigenvalue weighted by atomic mass is 16.3. The smallest absolute Gasteiger partial charge is 0.134 e. The Morgan fingerprint density at radius 3 is 2.93 bits per heavy atom. The summed E-state index contributed by atoms with van der Waals surface area (Å²) in [5, 5.41) is 1.13. The van der Waals surface area contributed by atoms with E-state index >= 15 is 0 Å². The van der Waals surface area contributed by atoms with Gasteiger partial charge in [0.15, 0.2) is 0 Å². The van der Waals surface area contributed by atoms with Crippen LogP contribution in [0.4, 0.5) is 0 Å². The Balaban J connectivity index is 2.43. The molecule has 0 saturated carbocycles. The highest BCUT2D eigenvalue weighted by molar-refractivity contribution is 5.86. The van der Waals surface area contributed by atoms with Crippen molar-refractivity contribution in [2.24, 2.45) is 5.73 Å². The molecular formula is C12H13NO. The molecule has 0 aliphatic carbocycles. The fraction of sp³-hybridized carbons (Fsp3) is 0.167. The largest absolute Gasteiger partial charge is 0.464 e. The van der Waals surface area contributed by atoms with Crippen LogP contribution in [0.15, 0.2) is 41.0 Å². The first-order valence-corrected chi connectivity index (χ1v) is 4.67. The summed E-state index contributed by atoms with van der Waals surface area (Å²) in [6.45, 7) is 1.94. The molecule has 2 nitrogen and oxygen atoms in total. The molecule has 0 aliphatic heterocycles. The standard InChI is InChI=1S/C12H13NO/c1-9(13)6-7-10-8-14-12-5-3-2-4-11(10)12/h2-9H,13H2,1H3/b7-6+. The van der Waals surface area contributed by atoms with Gasteiger partial charge in [-0.2, -0.15) is 0 Å². The topological polar surface area (TPSA) is 39.2 Å². The van der Waals surface area contributed by atoms with Gasteiger partial charge in [0.1, 0.15) is 5.58 Å². The third-order valence-corrected chi connectivity index (χ3v) is 2.09. The average Bonchev–Trinajstić information content (AvgIpc) is 2.58. The summed E-state index contributed by atoms with van der Waals surface area (Å²) in [7, 11) is 0. The van der Waals surface area contributed by atoms with Crippen LogP contribution in [-0.4, -0.2) is 6.04 Å². The lowest BCUT2D eigenvalue weighted by Gasteiger charge is -1.93. The van der Waals surface area contributed by atoms with E-state index in [-0.39, 0.29) is 6.04 Å². The van der Waals surface area contributed by atoms with E-state index in [4.69, 9.17) is 10.2 Å². The Hall–Kier alpha value is -1.54. The molecule has 1 aromatic heterocycles. The maximum atomic E-state index is 5.64.